The summed E-state index contributed by atoms with van der Waals surface area (Å²) in [5.41, 5.74) is 2.00. The minimum Gasteiger partial charge on any atom is -0.367 e. The number of piperazine rings is 1. The Labute approximate surface area is 163 Å². The van der Waals surface area contributed by atoms with Gasteiger partial charge in [-0.2, -0.15) is 0 Å². The quantitative estimate of drug-likeness (QED) is 0.847. The van der Waals surface area contributed by atoms with Gasteiger partial charge in [-0.15, -0.1) is 0 Å². The van der Waals surface area contributed by atoms with Gasteiger partial charge in [-0.1, -0.05) is 23.7 Å². The van der Waals surface area contributed by atoms with Gasteiger partial charge in [0.25, 0.3) is 5.91 Å². The van der Waals surface area contributed by atoms with E-state index in [0.717, 1.165) is 29.5 Å². The highest BCUT2D eigenvalue weighted by molar-refractivity contribution is 6.33. The number of carbonyl (C=O) groups excluding carboxylic acids is 2. The summed E-state index contributed by atoms with van der Waals surface area (Å²) in [6.07, 6.45) is 3.23. The average Bonchev–Trinajstić information content (AvgIpc) is 2.69. The van der Waals surface area contributed by atoms with Gasteiger partial charge in [0.15, 0.2) is 0 Å². The van der Waals surface area contributed by atoms with E-state index in [2.05, 4.69) is 20.2 Å². The molecule has 1 aromatic heterocycles. The van der Waals surface area contributed by atoms with Crippen LogP contribution in [0.4, 0.5) is 5.69 Å². The number of amides is 2. The molecule has 27 heavy (non-hydrogen) atoms. The normalized spacial score (nSPS) is 14.1. The molecule has 2 amide bonds. The predicted octanol–water partition coefficient (Wildman–Crippen LogP) is 1.91. The molecular formula is C19H22ClN5O2. The third-order valence-corrected chi connectivity index (χ3v) is 4.78. The Morgan fingerprint density at radius 1 is 1.11 bits per heavy atom. The molecule has 2 heterocycles. The molecule has 7 nitrogen and oxygen atoms in total. The van der Waals surface area contributed by atoms with E-state index in [1.807, 2.05) is 29.2 Å². The van der Waals surface area contributed by atoms with Crippen molar-refractivity contribution in [3.63, 3.8) is 0 Å². The van der Waals surface area contributed by atoms with Crippen LogP contribution >= 0.6 is 11.6 Å². The standard InChI is InChI=1S/C19H22ClN5O2/c1-14-12-23-16(13-22-14)19(27)21-7-6-18(26)25-10-8-24(9-11-25)17-5-3-2-4-15(17)20/h2-5,12-13H,6-11H2,1H3,(H,21,27). The predicted molar refractivity (Wildman–Crippen MR) is 104 cm³/mol. The van der Waals surface area contributed by atoms with Gasteiger partial charge in [0, 0.05) is 45.3 Å². The Hall–Kier alpha value is -2.67. The van der Waals surface area contributed by atoms with Gasteiger partial charge in [0.2, 0.25) is 5.91 Å². The maximum absolute atomic E-state index is 12.4. The number of benzene rings is 1. The highest BCUT2D eigenvalue weighted by Gasteiger charge is 2.22. The van der Waals surface area contributed by atoms with Gasteiger partial charge in [-0.05, 0) is 19.1 Å². The second-order valence-electron chi connectivity index (χ2n) is 6.37. The Bertz CT molecular complexity index is 804. The lowest BCUT2D eigenvalue weighted by atomic mass is 10.2. The maximum atomic E-state index is 12.4. The van der Waals surface area contributed by atoms with Gasteiger partial charge in [0.1, 0.15) is 5.69 Å². The van der Waals surface area contributed by atoms with E-state index in [0.29, 0.717) is 13.1 Å². The summed E-state index contributed by atoms with van der Waals surface area (Å²) in [5, 5.41) is 3.44. The first kappa shape index (κ1) is 19.1. The zero-order valence-corrected chi connectivity index (χ0v) is 15.9. The van der Waals surface area contributed by atoms with Crippen molar-refractivity contribution in [2.24, 2.45) is 0 Å². The van der Waals surface area contributed by atoms with Crippen molar-refractivity contribution < 1.29 is 9.59 Å². The monoisotopic (exact) mass is 387 g/mol. The summed E-state index contributed by atoms with van der Waals surface area (Å²) in [7, 11) is 0. The van der Waals surface area contributed by atoms with E-state index in [-0.39, 0.29) is 30.5 Å². The van der Waals surface area contributed by atoms with Crippen LogP contribution in [-0.4, -0.2) is 59.4 Å². The molecule has 1 saturated heterocycles. The molecule has 1 aliphatic heterocycles. The summed E-state index contributed by atoms with van der Waals surface area (Å²) in [6, 6.07) is 7.72. The average molecular weight is 388 g/mol. The molecule has 0 unspecified atom stereocenters. The number of aryl methyl sites for hydroxylation is 1. The first-order chi connectivity index (χ1) is 13.0. The lowest BCUT2D eigenvalue weighted by molar-refractivity contribution is -0.131. The van der Waals surface area contributed by atoms with E-state index in [4.69, 9.17) is 11.6 Å². The number of hydrogen-bond acceptors (Lipinski definition) is 5. The number of halogens is 1. The summed E-state index contributed by atoms with van der Waals surface area (Å²) < 4.78 is 0. The first-order valence-corrected chi connectivity index (χ1v) is 9.26. The van der Waals surface area contributed by atoms with Crippen LogP contribution in [-0.2, 0) is 4.79 Å². The van der Waals surface area contributed by atoms with Crippen molar-refractivity contribution in [1.82, 2.24) is 20.2 Å². The van der Waals surface area contributed by atoms with Gasteiger partial charge >= 0.3 is 0 Å². The Balaban J connectivity index is 1.42. The van der Waals surface area contributed by atoms with Crippen LogP contribution in [0.15, 0.2) is 36.7 Å². The number of rotatable bonds is 5. The fourth-order valence-corrected chi connectivity index (χ4v) is 3.20. The third-order valence-electron chi connectivity index (χ3n) is 4.46. The molecule has 0 spiro atoms. The fraction of sp³-hybridized carbons (Fsp3) is 0.368. The number of carbonyl (C=O) groups is 2. The number of hydrogen-bond donors (Lipinski definition) is 1. The second kappa shape index (κ2) is 8.81. The SMILES string of the molecule is Cc1cnc(C(=O)NCCC(=O)N2CCN(c3ccccc3Cl)CC2)cn1. The smallest absolute Gasteiger partial charge is 0.271 e. The minimum atomic E-state index is -0.321. The summed E-state index contributed by atoms with van der Waals surface area (Å²) in [4.78, 5) is 36.4. The molecular weight excluding hydrogens is 366 g/mol. The largest absolute Gasteiger partial charge is 0.367 e. The molecule has 2 aromatic rings. The molecule has 8 heteroatoms. The van der Waals surface area contributed by atoms with Crippen LogP contribution in [0.1, 0.15) is 22.6 Å². The molecule has 0 bridgehead atoms. The van der Waals surface area contributed by atoms with Gasteiger partial charge < -0.3 is 15.1 Å². The molecule has 1 aliphatic rings. The van der Waals surface area contributed by atoms with E-state index in [9.17, 15) is 9.59 Å². The summed E-state index contributed by atoms with van der Waals surface area (Å²) in [5.74, 6) is -0.289. The lowest BCUT2D eigenvalue weighted by Crippen LogP contribution is -2.49. The van der Waals surface area contributed by atoms with E-state index in [1.54, 1.807) is 13.1 Å². The van der Waals surface area contributed by atoms with Gasteiger partial charge in [-0.3, -0.25) is 14.6 Å². The molecule has 1 N–H and O–H groups in total. The van der Waals surface area contributed by atoms with E-state index < -0.39 is 0 Å². The zero-order valence-electron chi connectivity index (χ0n) is 15.2. The fourth-order valence-electron chi connectivity index (χ4n) is 2.95. The van der Waals surface area contributed by atoms with Gasteiger partial charge in [0.05, 0.1) is 22.6 Å². The molecule has 0 radical (unpaired) electrons. The number of nitrogens with one attached hydrogen (secondary N) is 1. The topological polar surface area (TPSA) is 78.4 Å². The molecule has 3 rings (SSSR count). The number of anilines is 1. The van der Waals surface area contributed by atoms with Crippen LogP contribution in [0.25, 0.3) is 0 Å². The van der Waals surface area contributed by atoms with Crippen molar-refractivity contribution >= 4 is 29.1 Å². The van der Waals surface area contributed by atoms with Crippen molar-refractivity contribution in [1.29, 1.82) is 0 Å². The van der Waals surface area contributed by atoms with Crippen LogP contribution in [0.2, 0.25) is 5.02 Å². The molecule has 1 fully saturated rings. The Kier molecular flexibility index (Phi) is 6.24. The summed E-state index contributed by atoms with van der Waals surface area (Å²) in [6.45, 7) is 4.83. The van der Waals surface area contributed by atoms with Crippen molar-refractivity contribution in [3.8, 4) is 0 Å². The molecule has 0 saturated carbocycles. The maximum Gasteiger partial charge on any atom is 0.271 e. The first-order valence-electron chi connectivity index (χ1n) is 8.88. The van der Waals surface area contributed by atoms with Crippen molar-refractivity contribution in [3.05, 3.63) is 53.1 Å². The minimum absolute atomic E-state index is 0.0316. The third kappa shape index (κ3) is 4.95. The highest BCUT2D eigenvalue weighted by Crippen LogP contribution is 2.26. The van der Waals surface area contributed by atoms with Gasteiger partial charge in [-0.25, -0.2) is 4.98 Å². The van der Waals surface area contributed by atoms with Crippen LogP contribution in [0, 0.1) is 6.92 Å². The Morgan fingerprint density at radius 3 is 2.52 bits per heavy atom. The molecule has 0 atom stereocenters. The van der Waals surface area contributed by atoms with E-state index >= 15 is 0 Å². The zero-order chi connectivity index (χ0) is 19.2. The summed E-state index contributed by atoms with van der Waals surface area (Å²) >= 11 is 6.24. The molecule has 1 aromatic carbocycles. The number of nitrogens with zero attached hydrogens (tertiary/aromatic N) is 4. The highest BCUT2D eigenvalue weighted by atomic mass is 35.5. The van der Waals surface area contributed by atoms with Crippen LogP contribution < -0.4 is 10.2 Å². The van der Waals surface area contributed by atoms with Crippen molar-refractivity contribution in [2.75, 3.05) is 37.6 Å². The van der Waals surface area contributed by atoms with Crippen molar-refractivity contribution in [2.45, 2.75) is 13.3 Å². The number of aromatic nitrogens is 2. The second-order valence-corrected chi connectivity index (χ2v) is 6.78. The van der Waals surface area contributed by atoms with E-state index in [1.165, 1.54) is 6.20 Å². The molecule has 0 aliphatic carbocycles. The van der Waals surface area contributed by atoms with Crippen LogP contribution in [0.5, 0.6) is 0 Å². The van der Waals surface area contributed by atoms with Crippen LogP contribution in [0.3, 0.4) is 0 Å². The lowest BCUT2D eigenvalue weighted by Gasteiger charge is -2.36. The number of para-hydroxylation sites is 1. The Morgan fingerprint density at radius 2 is 1.85 bits per heavy atom. The molecule has 142 valence electrons.